The average Bonchev–Trinajstić information content (AvgIpc) is 3.53. The number of anilines is 3. The van der Waals surface area contributed by atoms with Gasteiger partial charge in [0.1, 0.15) is 11.2 Å². The molecule has 10 rings (SSSR count). The minimum Gasteiger partial charge on any atom is -0.456 e. The van der Waals surface area contributed by atoms with E-state index >= 15 is 0 Å². The number of nitrogens with zero attached hydrogens (tertiary/aromatic N) is 1. The number of fused-ring (bicyclic) bond motifs is 9. The van der Waals surface area contributed by atoms with Gasteiger partial charge < -0.3 is 9.32 Å². The topological polar surface area (TPSA) is 16.4 Å². The molecule has 1 heterocycles. The van der Waals surface area contributed by atoms with Crippen molar-refractivity contribution in [2.24, 2.45) is 0 Å². The van der Waals surface area contributed by atoms with Crippen molar-refractivity contribution in [3.8, 4) is 11.1 Å². The van der Waals surface area contributed by atoms with Crippen LogP contribution < -0.4 is 4.90 Å². The van der Waals surface area contributed by atoms with Crippen LogP contribution in [0.2, 0.25) is 0 Å². The summed E-state index contributed by atoms with van der Waals surface area (Å²) in [5.74, 6) is 0. The molecule has 0 aliphatic carbocycles. The number of hydrogen-bond donors (Lipinski definition) is 0. The van der Waals surface area contributed by atoms with Crippen LogP contribution in [0.3, 0.4) is 0 Å². The summed E-state index contributed by atoms with van der Waals surface area (Å²) in [5, 5.41) is 12.3. The lowest BCUT2D eigenvalue weighted by Gasteiger charge is -2.26. The van der Waals surface area contributed by atoms with Crippen LogP contribution in [0.5, 0.6) is 0 Å². The number of hydrogen-bond acceptors (Lipinski definition) is 2. The van der Waals surface area contributed by atoms with E-state index in [0.29, 0.717) is 0 Å². The van der Waals surface area contributed by atoms with Crippen molar-refractivity contribution in [2.45, 2.75) is 0 Å². The van der Waals surface area contributed by atoms with Gasteiger partial charge in [0.05, 0.1) is 0 Å². The second kappa shape index (κ2) is 10.6. The van der Waals surface area contributed by atoms with Crippen LogP contribution in [-0.4, -0.2) is 0 Å². The highest BCUT2D eigenvalue weighted by atomic mass is 16.3. The molecule has 0 bridgehead atoms. The zero-order valence-electron chi connectivity index (χ0n) is 26.1. The van der Waals surface area contributed by atoms with Crippen molar-refractivity contribution in [1.29, 1.82) is 0 Å². The van der Waals surface area contributed by atoms with Gasteiger partial charge in [0.2, 0.25) is 0 Å². The molecular formula is C46H29NO. The van der Waals surface area contributed by atoms with Gasteiger partial charge in [-0.2, -0.15) is 0 Å². The summed E-state index contributed by atoms with van der Waals surface area (Å²) in [6.07, 6.45) is 0. The van der Waals surface area contributed by atoms with Crippen LogP contribution >= 0.6 is 0 Å². The fraction of sp³-hybridized carbons (Fsp3) is 0. The fourth-order valence-corrected chi connectivity index (χ4v) is 7.43. The summed E-state index contributed by atoms with van der Waals surface area (Å²) < 4.78 is 6.09. The first-order valence-corrected chi connectivity index (χ1v) is 16.4. The molecule has 2 nitrogen and oxygen atoms in total. The van der Waals surface area contributed by atoms with Gasteiger partial charge >= 0.3 is 0 Å². The van der Waals surface area contributed by atoms with Crippen molar-refractivity contribution < 1.29 is 4.42 Å². The van der Waals surface area contributed by atoms with Gasteiger partial charge in [-0.1, -0.05) is 121 Å². The number of rotatable bonds is 4. The Morgan fingerprint density at radius 1 is 0.292 bits per heavy atom. The smallest absolute Gasteiger partial charge is 0.135 e. The minimum atomic E-state index is 0.913. The van der Waals surface area contributed by atoms with E-state index in [-0.39, 0.29) is 0 Å². The van der Waals surface area contributed by atoms with Gasteiger partial charge in [-0.05, 0) is 109 Å². The summed E-state index contributed by atoms with van der Waals surface area (Å²) in [5.41, 5.74) is 7.52. The van der Waals surface area contributed by atoms with Crippen LogP contribution in [0, 0.1) is 0 Å². The zero-order chi connectivity index (χ0) is 31.6. The monoisotopic (exact) mass is 611 g/mol. The van der Waals surface area contributed by atoms with Crippen molar-refractivity contribution in [3.05, 3.63) is 176 Å². The second-order valence-electron chi connectivity index (χ2n) is 12.6. The number of para-hydroxylation sites is 1. The molecular weight excluding hydrogens is 583 g/mol. The van der Waals surface area contributed by atoms with Gasteiger partial charge in [0, 0.05) is 27.8 Å². The van der Waals surface area contributed by atoms with Crippen LogP contribution in [0.25, 0.3) is 76.2 Å². The molecule has 0 unspecified atom stereocenters. The third kappa shape index (κ3) is 4.27. The van der Waals surface area contributed by atoms with Crippen LogP contribution in [0.1, 0.15) is 0 Å². The molecule has 0 radical (unpaired) electrons. The molecule has 0 saturated heterocycles. The van der Waals surface area contributed by atoms with Gasteiger partial charge in [0.15, 0.2) is 0 Å². The Hall–Kier alpha value is -6.38. The summed E-state index contributed by atoms with van der Waals surface area (Å²) in [6, 6.07) is 63.5. The van der Waals surface area contributed by atoms with Gasteiger partial charge in [-0.3, -0.25) is 0 Å². The summed E-state index contributed by atoms with van der Waals surface area (Å²) in [7, 11) is 0. The van der Waals surface area contributed by atoms with Crippen LogP contribution in [0.15, 0.2) is 180 Å². The Bertz CT molecular complexity index is 2720. The molecule has 0 saturated carbocycles. The average molecular weight is 612 g/mol. The zero-order valence-corrected chi connectivity index (χ0v) is 26.1. The van der Waals surface area contributed by atoms with Gasteiger partial charge in [0.25, 0.3) is 0 Å². The van der Waals surface area contributed by atoms with Crippen molar-refractivity contribution >= 4 is 82.1 Å². The Kier molecular flexibility index (Phi) is 5.91. The number of furan rings is 1. The third-order valence-electron chi connectivity index (χ3n) is 9.81. The lowest BCUT2D eigenvalue weighted by molar-refractivity contribution is 0.669. The lowest BCUT2D eigenvalue weighted by atomic mass is 9.99. The first kappa shape index (κ1) is 26.8. The maximum absolute atomic E-state index is 6.09. The third-order valence-corrected chi connectivity index (χ3v) is 9.81. The predicted molar refractivity (Wildman–Crippen MR) is 204 cm³/mol. The van der Waals surface area contributed by atoms with E-state index in [2.05, 4.69) is 169 Å². The van der Waals surface area contributed by atoms with E-state index < -0.39 is 0 Å². The van der Waals surface area contributed by atoms with E-state index in [1.54, 1.807) is 0 Å². The Labute approximate surface area is 277 Å². The van der Waals surface area contributed by atoms with Crippen LogP contribution in [-0.2, 0) is 0 Å². The van der Waals surface area contributed by atoms with E-state index in [0.717, 1.165) is 39.0 Å². The quantitative estimate of drug-likeness (QED) is 0.184. The highest BCUT2D eigenvalue weighted by Crippen LogP contribution is 2.40. The Morgan fingerprint density at radius 2 is 0.771 bits per heavy atom. The molecule has 0 aliphatic heterocycles. The van der Waals surface area contributed by atoms with E-state index in [4.69, 9.17) is 4.42 Å². The number of benzene rings is 9. The maximum Gasteiger partial charge on any atom is 0.135 e. The molecule has 2 heteroatoms. The van der Waals surface area contributed by atoms with Gasteiger partial charge in [-0.25, -0.2) is 0 Å². The summed E-state index contributed by atoms with van der Waals surface area (Å²) in [6.45, 7) is 0. The molecule has 1 aromatic heterocycles. The standard InChI is InChI=1S/C46H29NO/c1-3-9-39-31(7-1)13-15-34-27-37(22-24-41(34)39)47(38-23-25-42-35(28-38)16-14-32-8-2-4-10-40(32)42)36-20-17-30(18-21-36)33-19-26-46-44(29-33)43-11-5-6-12-45(43)48-46/h1-29H. The molecule has 9 aromatic carbocycles. The van der Waals surface area contributed by atoms with E-state index in [9.17, 15) is 0 Å². The molecule has 224 valence electrons. The molecule has 0 N–H and O–H groups in total. The SMILES string of the molecule is c1ccc2c(c1)ccc1cc(N(c3ccc(-c4ccc5oc6ccccc6c5c4)cc3)c3ccc4c(ccc5ccccc54)c3)ccc12. The Balaban J connectivity index is 1.12. The van der Waals surface area contributed by atoms with Gasteiger partial charge in [-0.15, -0.1) is 0 Å². The Morgan fingerprint density at radius 3 is 1.42 bits per heavy atom. The highest BCUT2D eigenvalue weighted by Gasteiger charge is 2.16. The van der Waals surface area contributed by atoms with Crippen molar-refractivity contribution in [2.75, 3.05) is 4.90 Å². The summed E-state index contributed by atoms with van der Waals surface area (Å²) >= 11 is 0. The first-order chi connectivity index (χ1) is 23.8. The summed E-state index contributed by atoms with van der Waals surface area (Å²) in [4.78, 5) is 2.37. The lowest BCUT2D eigenvalue weighted by Crippen LogP contribution is -2.10. The van der Waals surface area contributed by atoms with Crippen molar-refractivity contribution in [3.63, 3.8) is 0 Å². The second-order valence-corrected chi connectivity index (χ2v) is 12.6. The molecule has 0 spiro atoms. The molecule has 0 atom stereocenters. The largest absolute Gasteiger partial charge is 0.456 e. The molecule has 0 amide bonds. The van der Waals surface area contributed by atoms with Crippen molar-refractivity contribution in [1.82, 2.24) is 0 Å². The highest BCUT2D eigenvalue weighted by molar-refractivity contribution is 6.10. The van der Waals surface area contributed by atoms with Crippen LogP contribution in [0.4, 0.5) is 17.1 Å². The molecule has 10 aromatic rings. The minimum absolute atomic E-state index is 0.913. The van der Waals surface area contributed by atoms with E-state index in [1.807, 2.05) is 12.1 Å². The molecule has 0 aliphatic rings. The first-order valence-electron chi connectivity index (χ1n) is 16.4. The fourth-order valence-electron chi connectivity index (χ4n) is 7.43. The predicted octanol–water partition coefficient (Wildman–Crippen LogP) is 13.3. The van der Waals surface area contributed by atoms with E-state index in [1.165, 1.54) is 54.2 Å². The normalized spacial score (nSPS) is 11.8. The molecule has 0 fully saturated rings. The maximum atomic E-state index is 6.09. The molecule has 48 heavy (non-hydrogen) atoms.